The molecule has 0 radical (unpaired) electrons. The summed E-state index contributed by atoms with van der Waals surface area (Å²) in [6.07, 6.45) is 3.17. The Morgan fingerprint density at radius 2 is 1.76 bits per heavy atom. The minimum Gasteiger partial charge on any atom is -0.337 e. The molecular weight excluding hydrogens is 462 g/mol. The van der Waals surface area contributed by atoms with Crippen LogP contribution in [0.25, 0.3) is 6.08 Å². The summed E-state index contributed by atoms with van der Waals surface area (Å²) in [5.74, 6) is -0.197. The van der Waals surface area contributed by atoms with E-state index in [2.05, 4.69) is 15.9 Å². The molecule has 2 aromatic carbocycles. The van der Waals surface area contributed by atoms with Crippen molar-refractivity contribution in [2.75, 3.05) is 26.2 Å². The number of nitro benzene ring substituents is 1. The second-order valence-corrected chi connectivity index (χ2v) is 9.23. The highest BCUT2D eigenvalue weighted by Gasteiger charge is 2.30. The van der Waals surface area contributed by atoms with Gasteiger partial charge in [0.1, 0.15) is 0 Å². The van der Waals surface area contributed by atoms with E-state index in [0.717, 1.165) is 16.1 Å². The number of halogens is 1. The maximum Gasteiger partial charge on any atom is 0.270 e. The predicted molar refractivity (Wildman–Crippen MR) is 112 cm³/mol. The quantitative estimate of drug-likeness (QED) is 0.372. The monoisotopic (exact) mass is 479 g/mol. The molecule has 1 aliphatic heterocycles. The molecule has 1 heterocycles. The van der Waals surface area contributed by atoms with Gasteiger partial charge in [0.05, 0.1) is 9.82 Å². The van der Waals surface area contributed by atoms with E-state index in [1.807, 2.05) is 24.3 Å². The topological polar surface area (TPSA) is 101 Å². The molecule has 1 amide bonds. The number of piperazine rings is 1. The molecule has 0 saturated carbocycles. The molecule has 0 aromatic heterocycles. The van der Waals surface area contributed by atoms with Gasteiger partial charge in [-0.3, -0.25) is 14.9 Å². The van der Waals surface area contributed by atoms with Crippen molar-refractivity contribution in [3.8, 4) is 0 Å². The Morgan fingerprint density at radius 3 is 2.41 bits per heavy atom. The van der Waals surface area contributed by atoms with E-state index in [1.54, 1.807) is 11.0 Å². The first-order valence-corrected chi connectivity index (χ1v) is 11.0. The minimum atomic E-state index is -3.86. The number of non-ortho nitro benzene ring substituents is 1. The number of hydrogen-bond donors (Lipinski definition) is 0. The average Bonchev–Trinajstić information content (AvgIpc) is 2.72. The molecule has 0 spiro atoms. The van der Waals surface area contributed by atoms with Crippen LogP contribution in [0, 0.1) is 10.1 Å². The van der Waals surface area contributed by atoms with Crippen LogP contribution in [0.5, 0.6) is 0 Å². The Labute approximate surface area is 176 Å². The highest BCUT2D eigenvalue weighted by atomic mass is 79.9. The van der Waals surface area contributed by atoms with Crippen LogP contribution in [0.4, 0.5) is 5.69 Å². The number of carbonyl (C=O) groups is 1. The van der Waals surface area contributed by atoms with Gasteiger partial charge < -0.3 is 4.90 Å². The lowest BCUT2D eigenvalue weighted by molar-refractivity contribution is -0.385. The summed E-state index contributed by atoms with van der Waals surface area (Å²) in [6.45, 7) is 0.745. The Balaban J connectivity index is 1.64. The van der Waals surface area contributed by atoms with Crippen molar-refractivity contribution >= 4 is 43.6 Å². The fourth-order valence-electron chi connectivity index (χ4n) is 2.94. The van der Waals surface area contributed by atoms with E-state index >= 15 is 0 Å². The van der Waals surface area contributed by atoms with E-state index in [4.69, 9.17) is 0 Å². The summed E-state index contributed by atoms with van der Waals surface area (Å²) >= 11 is 3.37. The molecule has 0 N–H and O–H groups in total. The predicted octanol–water partition coefficient (Wildman–Crippen LogP) is 2.90. The zero-order valence-corrected chi connectivity index (χ0v) is 17.7. The number of benzene rings is 2. The van der Waals surface area contributed by atoms with Gasteiger partial charge >= 0.3 is 0 Å². The molecule has 0 unspecified atom stereocenters. The zero-order valence-electron chi connectivity index (χ0n) is 15.3. The summed E-state index contributed by atoms with van der Waals surface area (Å²) in [4.78, 5) is 24.1. The molecule has 1 saturated heterocycles. The lowest BCUT2D eigenvalue weighted by atomic mass is 10.2. The van der Waals surface area contributed by atoms with Gasteiger partial charge in [-0.2, -0.15) is 4.31 Å². The molecule has 0 atom stereocenters. The van der Waals surface area contributed by atoms with Crippen LogP contribution in [0.3, 0.4) is 0 Å². The van der Waals surface area contributed by atoms with Crippen molar-refractivity contribution in [2.24, 2.45) is 0 Å². The van der Waals surface area contributed by atoms with Gasteiger partial charge in [0.15, 0.2) is 0 Å². The highest BCUT2D eigenvalue weighted by Crippen LogP contribution is 2.22. The molecular formula is C19H18BrN3O5S. The maximum absolute atomic E-state index is 12.8. The molecule has 3 rings (SSSR count). The van der Waals surface area contributed by atoms with Crippen molar-refractivity contribution in [1.82, 2.24) is 9.21 Å². The molecule has 0 bridgehead atoms. The summed E-state index contributed by atoms with van der Waals surface area (Å²) in [7, 11) is -3.86. The molecule has 152 valence electrons. The Kier molecular flexibility index (Phi) is 6.46. The number of sulfonamides is 1. The first-order chi connectivity index (χ1) is 13.8. The molecule has 8 nitrogen and oxygen atoms in total. The van der Waals surface area contributed by atoms with Crippen molar-refractivity contribution < 1.29 is 18.1 Å². The van der Waals surface area contributed by atoms with Crippen LogP contribution in [-0.4, -0.2) is 54.6 Å². The first kappa shape index (κ1) is 21.2. The second-order valence-electron chi connectivity index (χ2n) is 6.37. The SMILES string of the molecule is O=C(/C=C/c1cccc(Br)c1)N1CCN(S(=O)(=O)c2cccc([N+](=O)[O-])c2)CC1. The summed E-state index contributed by atoms with van der Waals surface area (Å²) in [5.41, 5.74) is 0.595. The third-order valence-corrected chi connectivity index (χ3v) is 6.87. The third kappa shape index (κ3) is 5.08. The maximum atomic E-state index is 12.8. The summed E-state index contributed by atoms with van der Waals surface area (Å²) < 4.78 is 27.7. The number of hydrogen-bond acceptors (Lipinski definition) is 5. The molecule has 2 aromatic rings. The zero-order chi connectivity index (χ0) is 21.0. The Morgan fingerprint density at radius 1 is 1.07 bits per heavy atom. The lowest BCUT2D eigenvalue weighted by Crippen LogP contribution is -2.50. The van der Waals surface area contributed by atoms with Crippen LogP contribution in [0.15, 0.2) is 64.0 Å². The van der Waals surface area contributed by atoms with E-state index < -0.39 is 14.9 Å². The molecule has 29 heavy (non-hydrogen) atoms. The smallest absolute Gasteiger partial charge is 0.270 e. The molecule has 0 aliphatic carbocycles. The van der Waals surface area contributed by atoms with Gasteiger partial charge in [0.2, 0.25) is 15.9 Å². The number of nitro groups is 1. The average molecular weight is 480 g/mol. The van der Waals surface area contributed by atoms with Crippen LogP contribution >= 0.6 is 15.9 Å². The molecule has 10 heteroatoms. The lowest BCUT2D eigenvalue weighted by Gasteiger charge is -2.33. The highest BCUT2D eigenvalue weighted by molar-refractivity contribution is 9.10. The fourth-order valence-corrected chi connectivity index (χ4v) is 4.82. The first-order valence-electron chi connectivity index (χ1n) is 8.74. The summed E-state index contributed by atoms with van der Waals surface area (Å²) in [5, 5.41) is 10.9. The summed E-state index contributed by atoms with van der Waals surface area (Å²) in [6, 6.07) is 12.5. The van der Waals surface area contributed by atoms with E-state index in [1.165, 1.54) is 28.6 Å². The van der Waals surface area contributed by atoms with Crippen molar-refractivity contribution in [1.29, 1.82) is 0 Å². The van der Waals surface area contributed by atoms with Gasteiger partial charge in [0.25, 0.3) is 5.69 Å². The molecule has 1 fully saturated rings. The number of rotatable bonds is 5. The van der Waals surface area contributed by atoms with Gasteiger partial charge in [-0.05, 0) is 29.8 Å². The largest absolute Gasteiger partial charge is 0.337 e. The van der Waals surface area contributed by atoms with Crippen molar-refractivity contribution in [3.63, 3.8) is 0 Å². The number of nitrogens with zero attached hydrogens (tertiary/aromatic N) is 3. The van der Waals surface area contributed by atoms with Crippen LogP contribution in [0.2, 0.25) is 0 Å². The second kappa shape index (κ2) is 8.85. The third-order valence-electron chi connectivity index (χ3n) is 4.48. The molecule has 1 aliphatic rings. The standard InChI is InChI=1S/C19H18BrN3O5S/c20-16-4-1-3-15(13-16)7-8-19(24)21-9-11-22(12-10-21)29(27,28)18-6-2-5-17(14-18)23(25)26/h1-8,13-14H,9-12H2/b8-7+. The number of amides is 1. The van der Waals surface area contributed by atoms with E-state index in [0.29, 0.717) is 0 Å². The minimum absolute atomic E-state index is 0.124. The fraction of sp³-hybridized carbons (Fsp3) is 0.211. The van der Waals surface area contributed by atoms with E-state index in [-0.39, 0.29) is 42.7 Å². The van der Waals surface area contributed by atoms with Gasteiger partial charge in [-0.15, -0.1) is 0 Å². The van der Waals surface area contributed by atoms with E-state index in [9.17, 15) is 23.3 Å². The van der Waals surface area contributed by atoms with Crippen molar-refractivity contribution in [2.45, 2.75) is 4.90 Å². The van der Waals surface area contributed by atoms with Crippen LogP contribution in [-0.2, 0) is 14.8 Å². The van der Waals surface area contributed by atoms with Crippen LogP contribution < -0.4 is 0 Å². The Bertz CT molecular complexity index is 1060. The van der Waals surface area contributed by atoms with Crippen molar-refractivity contribution in [3.05, 3.63) is 74.8 Å². The van der Waals surface area contributed by atoms with Crippen LogP contribution in [0.1, 0.15) is 5.56 Å². The number of carbonyl (C=O) groups excluding carboxylic acids is 1. The van der Waals surface area contributed by atoms with Gasteiger partial charge in [-0.25, -0.2) is 8.42 Å². The Hall–Kier alpha value is -2.56. The normalized spacial score (nSPS) is 15.6. The van der Waals surface area contributed by atoms with Gasteiger partial charge in [-0.1, -0.05) is 34.1 Å². The van der Waals surface area contributed by atoms with Gasteiger partial charge in [0, 0.05) is 48.9 Å².